The van der Waals surface area contributed by atoms with E-state index in [4.69, 9.17) is 0 Å². The summed E-state index contributed by atoms with van der Waals surface area (Å²) in [6, 6.07) is 1.29. The maximum atomic E-state index is 4.31. The van der Waals surface area contributed by atoms with Gasteiger partial charge < -0.3 is 5.32 Å². The van der Waals surface area contributed by atoms with Gasteiger partial charge in [0.15, 0.2) is 0 Å². The summed E-state index contributed by atoms with van der Waals surface area (Å²) in [5.74, 6) is 0.917. The van der Waals surface area contributed by atoms with Crippen molar-refractivity contribution in [2.24, 2.45) is 18.4 Å². The van der Waals surface area contributed by atoms with Crippen LogP contribution in [0.1, 0.15) is 39.2 Å². The van der Waals surface area contributed by atoms with Gasteiger partial charge in [-0.25, -0.2) is 0 Å². The van der Waals surface area contributed by atoms with E-state index < -0.39 is 0 Å². The highest BCUT2D eigenvalue weighted by Gasteiger charge is 2.41. The molecule has 0 amide bonds. The molecule has 1 saturated heterocycles. The first-order valence-electron chi connectivity index (χ1n) is 7.88. The monoisotopic (exact) mass is 276 g/mol. The SMILES string of the molecule is Cn1cc(CN2CC(C(C)(C)C)NCC2C2CC2)cn1. The lowest BCUT2D eigenvalue weighted by Crippen LogP contribution is -2.60. The van der Waals surface area contributed by atoms with Crippen molar-refractivity contribution in [3.05, 3.63) is 18.0 Å². The fourth-order valence-corrected chi connectivity index (χ4v) is 3.32. The Morgan fingerprint density at radius 3 is 2.65 bits per heavy atom. The van der Waals surface area contributed by atoms with E-state index in [0.717, 1.165) is 25.6 Å². The van der Waals surface area contributed by atoms with Gasteiger partial charge in [0.1, 0.15) is 0 Å². The van der Waals surface area contributed by atoms with E-state index in [1.54, 1.807) is 0 Å². The molecule has 0 spiro atoms. The number of nitrogens with zero attached hydrogens (tertiary/aromatic N) is 3. The predicted molar refractivity (Wildman–Crippen MR) is 81.4 cm³/mol. The molecule has 1 aromatic rings. The largest absolute Gasteiger partial charge is 0.311 e. The van der Waals surface area contributed by atoms with Crippen LogP contribution in [0.3, 0.4) is 0 Å². The second-order valence-corrected chi connectivity index (χ2v) is 7.68. The molecule has 20 heavy (non-hydrogen) atoms. The third-order valence-electron chi connectivity index (χ3n) is 4.82. The standard InChI is InChI=1S/C16H28N4/c1-16(2,3)15-11-20(10-12-7-18-19(4)9-12)14(8-17-15)13-5-6-13/h7,9,13-15,17H,5-6,8,10-11H2,1-4H3. The number of rotatable bonds is 3. The molecule has 1 aliphatic heterocycles. The van der Waals surface area contributed by atoms with Crippen molar-refractivity contribution in [3.8, 4) is 0 Å². The van der Waals surface area contributed by atoms with Crippen LogP contribution in [0.15, 0.2) is 12.4 Å². The summed E-state index contributed by atoms with van der Waals surface area (Å²) in [6.45, 7) is 10.4. The van der Waals surface area contributed by atoms with Crippen molar-refractivity contribution in [2.75, 3.05) is 13.1 Å². The fraction of sp³-hybridized carbons (Fsp3) is 0.812. The summed E-state index contributed by atoms with van der Waals surface area (Å²) >= 11 is 0. The van der Waals surface area contributed by atoms with Gasteiger partial charge in [0, 0.05) is 50.5 Å². The maximum absolute atomic E-state index is 4.31. The number of hydrogen-bond donors (Lipinski definition) is 1. The Bertz CT molecular complexity index is 455. The molecule has 2 unspecified atom stereocenters. The van der Waals surface area contributed by atoms with Crippen LogP contribution in [0.25, 0.3) is 0 Å². The lowest BCUT2D eigenvalue weighted by Gasteiger charge is -2.45. The van der Waals surface area contributed by atoms with Gasteiger partial charge in [0.25, 0.3) is 0 Å². The van der Waals surface area contributed by atoms with Crippen molar-refractivity contribution >= 4 is 0 Å². The van der Waals surface area contributed by atoms with Gasteiger partial charge >= 0.3 is 0 Å². The molecule has 1 N–H and O–H groups in total. The van der Waals surface area contributed by atoms with Gasteiger partial charge in [0.05, 0.1) is 6.20 Å². The highest BCUT2D eigenvalue weighted by molar-refractivity contribution is 5.06. The fourth-order valence-electron chi connectivity index (χ4n) is 3.32. The van der Waals surface area contributed by atoms with Gasteiger partial charge in [-0.2, -0.15) is 5.10 Å². The molecule has 2 heterocycles. The molecule has 0 radical (unpaired) electrons. The first-order valence-corrected chi connectivity index (χ1v) is 7.88. The van der Waals surface area contributed by atoms with E-state index in [1.165, 1.54) is 18.4 Å². The van der Waals surface area contributed by atoms with Gasteiger partial charge in [-0.15, -0.1) is 0 Å². The molecule has 2 atom stereocenters. The third kappa shape index (κ3) is 3.07. The quantitative estimate of drug-likeness (QED) is 0.917. The average Bonchev–Trinajstić information content (AvgIpc) is 3.12. The van der Waals surface area contributed by atoms with Crippen molar-refractivity contribution < 1.29 is 0 Å². The number of aromatic nitrogens is 2. The molecule has 0 bridgehead atoms. The predicted octanol–water partition coefficient (Wildman–Crippen LogP) is 2.02. The lowest BCUT2D eigenvalue weighted by molar-refractivity contribution is 0.0688. The van der Waals surface area contributed by atoms with Gasteiger partial charge in [-0.05, 0) is 24.2 Å². The molecular formula is C16H28N4. The summed E-state index contributed by atoms with van der Waals surface area (Å²) < 4.78 is 1.91. The molecule has 2 aliphatic rings. The summed E-state index contributed by atoms with van der Waals surface area (Å²) in [5, 5.41) is 8.10. The number of nitrogens with one attached hydrogen (secondary N) is 1. The van der Waals surface area contributed by atoms with Crippen LogP contribution in [0.5, 0.6) is 0 Å². The Morgan fingerprint density at radius 1 is 1.35 bits per heavy atom. The molecule has 112 valence electrons. The summed E-state index contributed by atoms with van der Waals surface area (Å²) in [4.78, 5) is 2.70. The van der Waals surface area contributed by atoms with E-state index in [9.17, 15) is 0 Å². The van der Waals surface area contributed by atoms with Crippen LogP contribution in [0, 0.1) is 11.3 Å². The summed E-state index contributed by atoms with van der Waals surface area (Å²) in [5.41, 5.74) is 1.66. The van der Waals surface area contributed by atoms with Crippen molar-refractivity contribution in [2.45, 2.75) is 52.2 Å². The van der Waals surface area contributed by atoms with Crippen molar-refractivity contribution in [1.82, 2.24) is 20.0 Å². The van der Waals surface area contributed by atoms with Gasteiger partial charge in [-0.3, -0.25) is 9.58 Å². The zero-order chi connectivity index (χ0) is 14.3. The van der Waals surface area contributed by atoms with Gasteiger partial charge in [-0.1, -0.05) is 20.8 Å². The van der Waals surface area contributed by atoms with Crippen LogP contribution < -0.4 is 5.32 Å². The second-order valence-electron chi connectivity index (χ2n) is 7.68. The van der Waals surface area contributed by atoms with E-state index in [0.29, 0.717) is 17.5 Å². The minimum absolute atomic E-state index is 0.321. The average molecular weight is 276 g/mol. The number of hydrogen-bond acceptors (Lipinski definition) is 3. The zero-order valence-electron chi connectivity index (χ0n) is 13.3. The topological polar surface area (TPSA) is 33.1 Å². The van der Waals surface area contributed by atoms with Crippen LogP contribution in [0.2, 0.25) is 0 Å². The van der Waals surface area contributed by atoms with Crippen molar-refractivity contribution in [3.63, 3.8) is 0 Å². The smallest absolute Gasteiger partial charge is 0.0534 e. The molecule has 2 fully saturated rings. The lowest BCUT2D eigenvalue weighted by atomic mass is 9.84. The van der Waals surface area contributed by atoms with Crippen LogP contribution in [-0.4, -0.2) is 39.9 Å². The Balaban J connectivity index is 1.71. The Labute approximate surface area is 122 Å². The van der Waals surface area contributed by atoms with Gasteiger partial charge in [0.2, 0.25) is 0 Å². The molecule has 4 nitrogen and oxygen atoms in total. The molecule has 1 saturated carbocycles. The summed E-state index contributed by atoms with van der Waals surface area (Å²) in [6.07, 6.45) is 6.99. The minimum atomic E-state index is 0.321. The molecule has 4 heteroatoms. The molecular weight excluding hydrogens is 248 g/mol. The number of piperazine rings is 1. The zero-order valence-corrected chi connectivity index (χ0v) is 13.3. The van der Waals surface area contributed by atoms with Crippen LogP contribution in [0.4, 0.5) is 0 Å². The molecule has 1 aliphatic carbocycles. The van der Waals surface area contributed by atoms with Crippen molar-refractivity contribution in [1.29, 1.82) is 0 Å². The summed E-state index contributed by atoms with van der Waals surface area (Å²) in [7, 11) is 2.00. The van der Waals surface area contributed by atoms with Crippen LogP contribution in [-0.2, 0) is 13.6 Å². The third-order valence-corrected chi connectivity index (χ3v) is 4.82. The van der Waals surface area contributed by atoms with E-state index in [2.05, 4.69) is 42.3 Å². The first kappa shape index (κ1) is 14.1. The van der Waals surface area contributed by atoms with E-state index in [1.807, 2.05) is 17.9 Å². The molecule has 0 aromatic carbocycles. The van der Waals surface area contributed by atoms with E-state index >= 15 is 0 Å². The maximum Gasteiger partial charge on any atom is 0.0534 e. The first-order chi connectivity index (χ1) is 9.43. The second kappa shape index (κ2) is 5.15. The van der Waals surface area contributed by atoms with Crippen LogP contribution >= 0.6 is 0 Å². The number of aryl methyl sites for hydroxylation is 1. The van der Waals surface area contributed by atoms with E-state index in [-0.39, 0.29) is 0 Å². The highest BCUT2D eigenvalue weighted by Crippen LogP contribution is 2.38. The Morgan fingerprint density at radius 2 is 2.10 bits per heavy atom. The Hall–Kier alpha value is -0.870. The molecule has 3 rings (SSSR count). The normalized spacial score (nSPS) is 28.8. The molecule has 1 aromatic heterocycles. The minimum Gasteiger partial charge on any atom is -0.311 e. The highest BCUT2D eigenvalue weighted by atomic mass is 15.3. The Kier molecular flexibility index (Phi) is 3.63.